The van der Waals surface area contributed by atoms with Crippen LogP contribution >= 0.6 is 11.5 Å². The molecule has 0 bridgehead atoms. The minimum absolute atomic E-state index is 0.0376. The Hall–Kier alpha value is -3.28. The lowest BCUT2D eigenvalue weighted by Gasteiger charge is -2.19. The molecule has 0 aliphatic carbocycles. The van der Waals surface area contributed by atoms with Crippen LogP contribution in [0.5, 0.6) is 0 Å². The van der Waals surface area contributed by atoms with Crippen LogP contribution in [0.1, 0.15) is 26.3 Å². The molecule has 0 radical (unpaired) electrons. The largest absolute Gasteiger partial charge is 0.449 e. The molecular formula is C19H19F3N6O2S. The van der Waals surface area contributed by atoms with Crippen molar-refractivity contribution in [3.8, 4) is 11.5 Å². The maximum atomic E-state index is 13.1. The van der Waals surface area contributed by atoms with Crippen molar-refractivity contribution < 1.29 is 22.7 Å². The average Bonchev–Trinajstić information content (AvgIpc) is 3.16. The van der Waals surface area contributed by atoms with Crippen LogP contribution in [0.2, 0.25) is 0 Å². The molecule has 8 nitrogen and oxygen atoms in total. The second-order valence-electron chi connectivity index (χ2n) is 7.64. The molecule has 3 aromatic rings. The molecule has 31 heavy (non-hydrogen) atoms. The van der Waals surface area contributed by atoms with Crippen molar-refractivity contribution in [2.45, 2.75) is 26.9 Å². The highest BCUT2D eigenvalue weighted by Gasteiger charge is 2.32. The highest BCUT2D eigenvalue weighted by molar-refractivity contribution is 7.09. The van der Waals surface area contributed by atoms with Crippen LogP contribution in [0.4, 0.5) is 34.6 Å². The van der Waals surface area contributed by atoms with Crippen molar-refractivity contribution in [1.82, 2.24) is 19.3 Å². The smallest absolute Gasteiger partial charge is 0.417 e. The summed E-state index contributed by atoms with van der Waals surface area (Å²) in [5.74, 6) is 0.309. The first kappa shape index (κ1) is 22.4. The lowest BCUT2D eigenvalue weighted by molar-refractivity contribution is -0.137. The molecule has 0 unspecified atom stereocenters. The predicted molar refractivity (Wildman–Crippen MR) is 110 cm³/mol. The van der Waals surface area contributed by atoms with Crippen LogP contribution in [0.25, 0.3) is 11.5 Å². The molecule has 164 valence electrons. The lowest BCUT2D eigenvalue weighted by Crippen LogP contribution is -2.22. The summed E-state index contributed by atoms with van der Waals surface area (Å²) >= 11 is 0.972. The number of carbonyl (C=O) groups is 1. The van der Waals surface area contributed by atoms with E-state index >= 15 is 0 Å². The van der Waals surface area contributed by atoms with Crippen molar-refractivity contribution in [2.75, 3.05) is 17.2 Å². The Labute approximate surface area is 180 Å². The van der Waals surface area contributed by atoms with E-state index in [1.165, 1.54) is 0 Å². The fourth-order valence-corrected chi connectivity index (χ4v) is 2.79. The monoisotopic (exact) mass is 452 g/mol. The molecule has 0 aliphatic heterocycles. The number of amides is 1. The van der Waals surface area contributed by atoms with E-state index in [-0.39, 0.29) is 28.7 Å². The van der Waals surface area contributed by atoms with E-state index in [0.29, 0.717) is 17.7 Å². The molecule has 0 aliphatic rings. The average molecular weight is 452 g/mol. The molecule has 12 heteroatoms. The first-order valence-electron chi connectivity index (χ1n) is 9.04. The van der Waals surface area contributed by atoms with Gasteiger partial charge in [-0.2, -0.15) is 22.5 Å². The maximum absolute atomic E-state index is 13.1. The van der Waals surface area contributed by atoms with Gasteiger partial charge in [0, 0.05) is 23.9 Å². The van der Waals surface area contributed by atoms with Gasteiger partial charge in [0.1, 0.15) is 5.69 Å². The van der Waals surface area contributed by atoms with E-state index < -0.39 is 17.8 Å². The zero-order chi connectivity index (χ0) is 22.6. The molecule has 3 aromatic heterocycles. The number of ether oxygens (including phenoxy) is 1. The van der Waals surface area contributed by atoms with Gasteiger partial charge in [0.2, 0.25) is 5.13 Å². The Morgan fingerprint density at radius 1 is 1.19 bits per heavy atom. The third-order valence-corrected chi connectivity index (χ3v) is 4.26. The molecule has 2 N–H and O–H groups in total. The van der Waals surface area contributed by atoms with Gasteiger partial charge in [-0.15, -0.1) is 0 Å². The minimum atomic E-state index is -4.63. The molecule has 0 saturated heterocycles. The molecule has 3 heterocycles. The SMILES string of the molecule is CC(C)(C)COC(=O)Nc1cc(C(F)(F)F)cnc1Nc1nc(-c2ccccn2)ns1. The summed E-state index contributed by atoms with van der Waals surface area (Å²) in [6, 6.07) is 6.02. The van der Waals surface area contributed by atoms with E-state index in [1.807, 2.05) is 20.8 Å². The third kappa shape index (κ3) is 6.35. The van der Waals surface area contributed by atoms with Gasteiger partial charge in [0.15, 0.2) is 11.6 Å². The highest BCUT2D eigenvalue weighted by atomic mass is 32.1. The number of alkyl halides is 3. The second kappa shape index (κ2) is 8.84. The van der Waals surface area contributed by atoms with Crippen molar-refractivity contribution in [1.29, 1.82) is 0 Å². The summed E-state index contributed by atoms with van der Waals surface area (Å²) < 4.78 is 48.6. The number of hydrogen-bond donors (Lipinski definition) is 2. The number of anilines is 3. The number of pyridine rings is 2. The van der Waals surface area contributed by atoms with E-state index in [4.69, 9.17) is 4.74 Å². The van der Waals surface area contributed by atoms with E-state index in [1.54, 1.807) is 24.4 Å². The number of rotatable bonds is 5. The molecular weight excluding hydrogens is 433 g/mol. The van der Waals surface area contributed by atoms with Crippen molar-refractivity contribution >= 4 is 34.3 Å². The highest BCUT2D eigenvalue weighted by Crippen LogP contribution is 2.34. The first-order chi connectivity index (χ1) is 14.5. The Morgan fingerprint density at radius 3 is 2.61 bits per heavy atom. The number of nitrogens with one attached hydrogen (secondary N) is 2. The van der Waals surface area contributed by atoms with Crippen LogP contribution in [0.15, 0.2) is 36.7 Å². The number of aromatic nitrogens is 4. The molecule has 0 fully saturated rings. The number of nitrogens with zero attached hydrogens (tertiary/aromatic N) is 4. The van der Waals surface area contributed by atoms with Crippen LogP contribution in [-0.4, -0.2) is 32.0 Å². The van der Waals surface area contributed by atoms with Gasteiger partial charge >= 0.3 is 12.3 Å². The Kier molecular flexibility index (Phi) is 6.39. The van der Waals surface area contributed by atoms with Crippen LogP contribution in [-0.2, 0) is 10.9 Å². The fraction of sp³-hybridized carbons (Fsp3) is 0.316. The Balaban J connectivity index is 1.84. The molecule has 0 saturated carbocycles. The predicted octanol–water partition coefficient (Wildman–Crippen LogP) is 5.35. The summed E-state index contributed by atoms with van der Waals surface area (Å²) in [5.41, 5.74) is -0.992. The van der Waals surface area contributed by atoms with Crippen molar-refractivity contribution in [3.05, 3.63) is 42.2 Å². The zero-order valence-corrected chi connectivity index (χ0v) is 17.6. The molecule has 0 aromatic carbocycles. The zero-order valence-electron chi connectivity index (χ0n) is 16.8. The lowest BCUT2D eigenvalue weighted by atomic mass is 9.99. The summed E-state index contributed by atoms with van der Waals surface area (Å²) in [6.45, 7) is 5.65. The number of carbonyl (C=O) groups excluding carboxylic acids is 1. The Morgan fingerprint density at radius 2 is 1.97 bits per heavy atom. The van der Waals surface area contributed by atoms with Crippen molar-refractivity contribution in [2.24, 2.45) is 5.41 Å². The van der Waals surface area contributed by atoms with Gasteiger partial charge < -0.3 is 10.1 Å². The topological polar surface area (TPSA) is 102 Å². The third-order valence-electron chi connectivity index (χ3n) is 3.63. The van der Waals surface area contributed by atoms with Crippen LogP contribution in [0.3, 0.4) is 0 Å². The molecule has 3 rings (SSSR count). The summed E-state index contributed by atoms with van der Waals surface area (Å²) in [7, 11) is 0. The summed E-state index contributed by atoms with van der Waals surface area (Å²) in [5, 5.41) is 5.36. The van der Waals surface area contributed by atoms with Gasteiger partial charge in [-0.1, -0.05) is 26.8 Å². The maximum Gasteiger partial charge on any atom is 0.417 e. The van der Waals surface area contributed by atoms with Gasteiger partial charge in [-0.05, 0) is 23.6 Å². The molecule has 1 amide bonds. The fourth-order valence-electron chi connectivity index (χ4n) is 2.22. The molecule has 0 spiro atoms. The van der Waals surface area contributed by atoms with Gasteiger partial charge in [0.25, 0.3) is 0 Å². The van der Waals surface area contributed by atoms with E-state index in [2.05, 4.69) is 30.0 Å². The van der Waals surface area contributed by atoms with Gasteiger partial charge in [0.05, 0.1) is 17.9 Å². The van der Waals surface area contributed by atoms with Crippen LogP contribution < -0.4 is 10.6 Å². The number of hydrogen-bond acceptors (Lipinski definition) is 8. The van der Waals surface area contributed by atoms with Crippen molar-refractivity contribution in [3.63, 3.8) is 0 Å². The molecule has 0 atom stereocenters. The normalized spacial score (nSPS) is 11.8. The quantitative estimate of drug-likeness (QED) is 0.538. The standard InChI is InChI=1S/C19H19F3N6O2S/c1-18(2,3)10-30-17(29)25-13-8-11(19(20,21)22)9-24-14(13)26-16-27-15(28-31-16)12-6-4-5-7-23-12/h4-9H,10H2,1-3H3,(H,25,29)(H,24,26,27,28). The first-order valence-corrected chi connectivity index (χ1v) is 9.82. The summed E-state index contributed by atoms with van der Waals surface area (Å²) in [4.78, 5) is 24.3. The van der Waals surface area contributed by atoms with E-state index in [9.17, 15) is 18.0 Å². The Bertz CT molecular complexity index is 1050. The number of halogens is 3. The minimum Gasteiger partial charge on any atom is -0.449 e. The van der Waals surface area contributed by atoms with Crippen LogP contribution in [0, 0.1) is 5.41 Å². The van der Waals surface area contributed by atoms with E-state index in [0.717, 1.165) is 17.6 Å². The van der Waals surface area contributed by atoms with Gasteiger partial charge in [-0.3, -0.25) is 10.3 Å². The second-order valence-corrected chi connectivity index (χ2v) is 8.39. The van der Waals surface area contributed by atoms with Gasteiger partial charge in [-0.25, -0.2) is 9.78 Å². The summed E-state index contributed by atoms with van der Waals surface area (Å²) in [6.07, 6.45) is -3.28.